The van der Waals surface area contributed by atoms with Gasteiger partial charge in [-0.2, -0.15) is 0 Å². The van der Waals surface area contributed by atoms with Crippen molar-refractivity contribution in [2.24, 2.45) is 22.9 Å². The number of hydrogen-bond donors (Lipinski definition) is 14. The van der Waals surface area contributed by atoms with Crippen molar-refractivity contribution < 1.29 is 77.6 Å². The SMILES string of the molecule is C[C@H](NC(=O)[C@H](CO)NC(=O)[C@H](Cc1ccccc1)NC(=O)[C@H](Cc1ccccc1)NC(=O)[C@@H]1CCCN1C(=O)[C@@H]1CCCN1C(=O)[C@@H](N)CCC(N)=O)C(=O)N[C@@H](CCC(N)=O)C(=O)N[C@@H](CCC(N)=O)C(=O)N[C@@H](CO)C(=O)O. The van der Waals surface area contributed by atoms with E-state index < -0.39 is 176 Å². The number of nitrogens with zero attached hydrogens (tertiary/aromatic N) is 2. The van der Waals surface area contributed by atoms with Crippen molar-refractivity contribution in [3.05, 3.63) is 71.8 Å². The number of benzene rings is 2. The third-order valence-electron chi connectivity index (χ3n) is 13.5. The maximum Gasteiger partial charge on any atom is 0.328 e. The Hall–Kier alpha value is -8.57. The number of nitrogens with two attached hydrogens (primary N) is 4. The molecule has 81 heavy (non-hydrogen) atoms. The molecule has 18 N–H and O–H groups in total. The zero-order valence-electron chi connectivity index (χ0n) is 44.7. The number of carbonyl (C=O) groups is 13. The molecule has 2 fully saturated rings. The van der Waals surface area contributed by atoms with E-state index in [1.54, 1.807) is 60.7 Å². The van der Waals surface area contributed by atoms with Crippen LogP contribution in [-0.2, 0) is 75.2 Å². The van der Waals surface area contributed by atoms with Crippen LogP contribution in [0.4, 0.5) is 0 Å². The second kappa shape index (κ2) is 31.9. The van der Waals surface area contributed by atoms with Crippen molar-refractivity contribution in [1.82, 2.24) is 47.0 Å². The molecule has 10 atom stereocenters. The van der Waals surface area contributed by atoms with Crippen LogP contribution in [0.3, 0.4) is 0 Å². The molecule has 2 aliphatic heterocycles. The van der Waals surface area contributed by atoms with Crippen molar-refractivity contribution in [1.29, 1.82) is 0 Å². The van der Waals surface area contributed by atoms with Crippen molar-refractivity contribution in [3.8, 4) is 0 Å². The molecule has 0 bridgehead atoms. The van der Waals surface area contributed by atoms with Crippen molar-refractivity contribution in [2.75, 3.05) is 26.3 Å². The maximum absolute atomic E-state index is 14.5. The van der Waals surface area contributed by atoms with Crippen LogP contribution in [0.2, 0.25) is 0 Å². The summed E-state index contributed by atoms with van der Waals surface area (Å²) in [5.41, 5.74) is 23.0. The van der Waals surface area contributed by atoms with Gasteiger partial charge in [-0.25, -0.2) is 4.79 Å². The van der Waals surface area contributed by atoms with Crippen LogP contribution < -0.4 is 60.2 Å². The summed E-state index contributed by atoms with van der Waals surface area (Å²) in [6.07, 6.45) is -0.902. The van der Waals surface area contributed by atoms with Gasteiger partial charge in [-0.15, -0.1) is 0 Å². The van der Waals surface area contributed by atoms with E-state index in [0.717, 1.165) is 6.92 Å². The molecule has 2 aromatic carbocycles. The number of likely N-dealkylation sites (tertiary alicyclic amines) is 2. The Balaban J connectivity index is 1.51. The highest BCUT2D eigenvalue weighted by molar-refractivity contribution is 5.99. The molecule has 0 aromatic heterocycles. The Bertz CT molecular complexity index is 2590. The number of carboxylic acids is 1. The fraction of sp³-hybridized carbons (Fsp3) is 0.519. The fourth-order valence-corrected chi connectivity index (χ4v) is 9.06. The Morgan fingerprint density at radius 2 is 0.901 bits per heavy atom. The maximum atomic E-state index is 14.5. The third kappa shape index (κ3) is 20.2. The van der Waals surface area contributed by atoms with Crippen molar-refractivity contribution in [3.63, 3.8) is 0 Å². The topological polar surface area (TPSA) is 477 Å². The summed E-state index contributed by atoms with van der Waals surface area (Å²) in [6, 6.07) is 2.59. The molecule has 4 rings (SSSR count). The van der Waals surface area contributed by atoms with Gasteiger partial charge in [-0.1, -0.05) is 60.7 Å². The normalized spacial score (nSPS) is 17.7. The summed E-state index contributed by atoms with van der Waals surface area (Å²) in [5.74, 6) is -12.1. The largest absolute Gasteiger partial charge is 0.480 e. The van der Waals surface area contributed by atoms with Gasteiger partial charge in [0, 0.05) is 45.2 Å². The smallest absolute Gasteiger partial charge is 0.328 e. The molecule has 2 aliphatic rings. The number of aliphatic hydroxyl groups excluding tert-OH is 2. The summed E-state index contributed by atoms with van der Waals surface area (Å²) < 4.78 is 0. The predicted octanol–water partition coefficient (Wildman–Crippen LogP) is -5.94. The number of hydrogen-bond acceptors (Lipinski definition) is 16. The second-order valence-corrected chi connectivity index (χ2v) is 19.7. The number of aliphatic hydroxyl groups is 2. The molecule has 2 aromatic rings. The average Bonchev–Trinajstić information content (AvgIpc) is 4.14. The summed E-state index contributed by atoms with van der Waals surface area (Å²) in [7, 11) is 0. The van der Waals surface area contributed by atoms with E-state index in [0.29, 0.717) is 30.4 Å². The van der Waals surface area contributed by atoms with Gasteiger partial charge in [-0.05, 0) is 63.0 Å². The molecule has 0 spiro atoms. The number of carbonyl (C=O) groups excluding carboxylic acids is 12. The zero-order valence-corrected chi connectivity index (χ0v) is 44.7. The van der Waals surface area contributed by atoms with Gasteiger partial charge in [0.05, 0.1) is 19.3 Å². The average molecular weight is 1140 g/mol. The number of carboxylic acid groups (broad SMARTS) is 1. The lowest BCUT2D eigenvalue weighted by Crippen LogP contribution is -2.61. The van der Waals surface area contributed by atoms with Gasteiger partial charge >= 0.3 is 5.97 Å². The lowest BCUT2D eigenvalue weighted by atomic mass is 10.0. The number of amides is 12. The van der Waals surface area contributed by atoms with Crippen LogP contribution in [0.25, 0.3) is 0 Å². The summed E-state index contributed by atoms with van der Waals surface area (Å²) in [4.78, 5) is 173. The van der Waals surface area contributed by atoms with E-state index in [1.165, 1.54) is 9.80 Å². The molecule has 12 amide bonds. The minimum atomic E-state index is -1.81. The number of nitrogens with one attached hydrogen (secondary N) is 7. The lowest BCUT2D eigenvalue weighted by Gasteiger charge is -2.32. The lowest BCUT2D eigenvalue weighted by molar-refractivity contribution is -0.147. The highest BCUT2D eigenvalue weighted by atomic mass is 16.4. The standard InChI is InChI=1S/C52H73N13O16/c1-28(43(71)58-32(17-20-41(55)69)44(72)59-33(18-21-42(56)70)45(73)63-37(27-67)52(80)81)57-48(76)36(26-66)62-47(75)34(24-29-10-4-2-5-11-29)60-46(74)35(25-30-12-6-3-7-13-30)61-49(77)38-14-8-22-64(38)51(79)39-15-9-23-65(39)50(78)31(53)16-19-40(54)68/h2-7,10-13,28,31-39,66-67H,8-9,14-27,53H2,1H3,(H2,54,68)(H2,55,69)(H2,56,70)(H,57,76)(H,58,71)(H,59,72)(H,60,74)(H,61,77)(H,62,75)(H,63,73)(H,80,81)/t28-,31-,32-,33-,34-,35-,36-,37-,38-,39-/m0/s1. The highest BCUT2D eigenvalue weighted by Crippen LogP contribution is 2.26. The molecule has 442 valence electrons. The quantitative estimate of drug-likeness (QED) is 0.0324. The molecule has 2 heterocycles. The van der Waals surface area contributed by atoms with Crippen LogP contribution in [0.15, 0.2) is 60.7 Å². The van der Waals surface area contributed by atoms with Crippen LogP contribution in [-0.4, -0.2) is 189 Å². The van der Waals surface area contributed by atoms with Gasteiger partial charge in [0.25, 0.3) is 0 Å². The first-order valence-electron chi connectivity index (χ1n) is 26.3. The number of aliphatic carboxylic acids is 1. The molecule has 29 nitrogen and oxygen atoms in total. The van der Waals surface area contributed by atoms with Gasteiger partial charge in [-0.3, -0.25) is 57.5 Å². The van der Waals surface area contributed by atoms with E-state index in [2.05, 4.69) is 31.9 Å². The van der Waals surface area contributed by atoms with Crippen LogP contribution >= 0.6 is 0 Å². The highest BCUT2D eigenvalue weighted by Gasteiger charge is 2.44. The minimum Gasteiger partial charge on any atom is -0.480 e. The first kappa shape index (κ1) is 65.0. The van der Waals surface area contributed by atoms with Crippen LogP contribution in [0.5, 0.6) is 0 Å². The molecule has 0 radical (unpaired) electrons. The van der Waals surface area contributed by atoms with Crippen molar-refractivity contribution in [2.45, 2.75) is 144 Å². The third-order valence-corrected chi connectivity index (χ3v) is 13.5. The monoisotopic (exact) mass is 1140 g/mol. The number of rotatable bonds is 32. The molecule has 0 aliphatic carbocycles. The molecule has 0 unspecified atom stereocenters. The van der Waals surface area contributed by atoms with Gasteiger partial charge in [0.1, 0.15) is 54.4 Å². The first-order chi connectivity index (χ1) is 38.4. The Labute approximate surface area is 465 Å². The second-order valence-electron chi connectivity index (χ2n) is 19.7. The molecule has 2 saturated heterocycles. The summed E-state index contributed by atoms with van der Waals surface area (Å²) in [5, 5.41) is 45.8. The molecule has 0 saturated carbocycles. The molecule has 29 heteroatoms. The molecular weight excluding hydrogens is 1060 g/mol. The van der Waals surface area contributed by atoms with Gasteiger partial charge in [0.2, 0.25) is 70.9 Å². The van der Waals surface area contributed by atoms with E-state index >= 15 is 0 Å². The minimum absolute atomic E-state index is 0.0166. The Morgan fingerprint density at radius 3 is 1.38 bits per heavy atom. The summed E-state index contributed by atoms with van der Waals surface area (Å²) in [6.45, 7) is -0.525. The van der Waals surface area contributed by atoms with E-state index in [1.807, 2.05) is 5.32 Å². The van der Waals surface area contributed by atoms with Crippen LogP contribution in [0.1, 0.15) is 82.3 Å². The Kier molecular flexibility index (Phi) is 25.6. The van der Waals surface area contributed by atoms with Crippen LogP contribution in [0, 0.1) is 0 Å². The van der Waals surface area contributed by atoms with E-state index in [-0.39, 0.29) is 45.2 Å². The number of primary amides is 3. The zero-order chi connectivity index (χ0) is 59.9. The van der Waals surface area contributed by atoms with Gasteiger partial charge in [0.15, 0.2) is 0 Å². The van der Waals surface area contributed by atoms with Crippen molar-refractivity contribution >= 4 is 76.9 Å². The van der Waals surface area contributed by atoms with E-state index in [4.69, 9.17) is 22.9 Å². The van der Waals surface area contributed by atoms with E-state index in [9.17, 15) is 77.6 Å². The first-order valence-corrected chi connectivity index (χ1v) is 26.3. The summed E-state index contributed by atoms with van der Waals surface area (Å²) >= 11 is 0. The van der Waals surface area contributed by atoms with Gasteiger partial charge < -0.3 is 85.3 Å². The predicted molar refractivity (Wildman–Crippen MR) is 284 cm³/mol. The molecular formula is C52H73N13O16. The Morgan fingerprint density at radius 1 is 0.506 bits per heavy atom. The fourth-order valence-electron chi connectivity index (χ4n) is 9.06.